The first-order valence-corrected chi connectivity index (χ1v) is 5.72. The topological polar surface area (TPSA) is 29.5 Å². The molecule has 0 saturated carbocycles. The summed E-state index contributed by atoms with van der Waals surface area (Å²) >= 11 is 1.70. The van der Waals surface area contributed by atoms with E-state index in [0.717, 1.165) is 13.1 Å². The molecule has 76 valence electrons. The Balaban J connectivity index is 2.21. The van der Waals surface area contributed by atoms with Crippen LogP contribution in [0.5, 0.6) is 0 Å². The fourth-order valence-electron chi connectivity index (χ4n) is 1.14. The lowest BCUT2D eigenvalue weighted by Gasteiger charge is -2.26. The van der Waals surface area contributed by atoms with Crippen LogP contribution < -0.4 is 0 Å². The Kier molecular flexibility index (Phi) is 4.59. The zero-order chi connectivity index (χ0) is 9.68. The van der Waals surface area contributed by atoms with Crippen LogP contribution in [0.3, 0.4) is 0 Å². The lowest BCUT2D eigenvalue weighted by Crippen LogP contribution is -2.41. The van der Waals surface area contributed by atoms with Gasteiger partial charge in [0.05, 0.1) is 19.0 Å². The third-order valence-electron chi connectivity index (χ3n) is 1.90. The van der Waals surface area contributed by atoms with E-state index in [1.807, 2.05) is 4.90 Å². The van der Waals surface area contributed by atoms with Crippen molar-refractivity contribution in [1.82, 2.24) is 4.90 Å². The van der Waals surface area contributed by atoms with Crippen molar-refractivity contribution in [1.29, 1.82) is 0 Å². The number of hydrogen-bond donors (Lipinski definition) is 0. The molecule has 1 rings (SSSR count). The lowest BCUT2D eigenvalue weighted by atomic mass is 10.4. The van der Waals surface area contributed by atoms with Crippen LogP contribution in [0, 0.1) is 0 Å². The summed E-state index contributed by atoms with van der Waals surface area (Å²) < 4.78 is 5.17. The summed E-state index contributed by atoms with van der Waals surface area (Å²) in [6.45, 7) is 7.12. The molecule has 1 aliphatic heterocycles. The summed E-state index contributed by atoms with van der Waals surface area (Å²) in [7, 11) is 0. The highest BCUT2D eigenvalue weighted by Gasteiger charge is 2.16. The molecule has 0 atom stereocenters. The van der Waals surface area contributed by atoms with Gasteiger partial charge in [0.2, 0.25) is 5.91 Å². The highest BCUT2D eigenvalue weighted by molar-refractivity contribution is 8.00. The summed E-state index contributed by atoms with van der Waals surface area (Å²) in [5.41, 5.74) is 0. The second-order valence-corrected chi connectivity index (χ2v) is 4.92. The van der Waals surface area contributed by atoms with Crippen LogP contribution in [0.1, 0.15) is 13.8 Å². The highest BCUT2D eigenvalue weighted by atomic mass is 32.2. The number of carbonyl (C=O) groups excluding carboxylic acids is 1. The molecule has 0 bridgehead atoms. The molecule has 1 heterocycles. The van der Waals surface area contributed by atoms with Crippen molar-refractivity contribution in [2.75, 3.05) is 32.1 Å². The Hall–Kier alpha value is -0.220. The summed E-state index contributed by atoms with van der Waals surface area (Å²) in [6, 6.07) is 0. The third-order valence-corrected chi connectivity index (χ3v) is 2.98. The molecule has 0 N–H and O–H groups in total. The molecule has 0 unspecified atom stereocenters. The minimum atomic E-state index is 0.252. The Bertz CT molecular complexity index is 167. The van der Waals surface area contributed by atoms with Gasteiger partial charge in [0.25, 0.3) is 0 Å². The highest BCUT2D eigenvalue weighted by Crippen LogP contribution is 2.10. The van der Waals surface area contributed by atoms with Gasteiger partial charge in [-0.3, -0.25) is 4.79 Å². The monoisotopic (exact) mass is 203 g/mol. The van der Waals surface area contributed by atoms with Gasteiger partial charge in [-0.1, -0.05) is 13.8 Å². The van der Waals surface area contributed by atoms with Crippen molar-refractivity contribution < 1.29 is 9.53 Å². The van der Waals surface area contributed by atoms with E-state index in [1.165, 1.54) is 0 Å². The largest absolute Gasteiger partial charge is 0.378 e. The summed E-state index contributed by atoms with van der Waals surface area (Å²) in [4.78, 5) is 13.4. The number of nitrogens with zero attached hydrogens (tertiary/aromatic N) is 1. The average Bonchev–Trinajstić information content (AvgIpc) is 2.15. The van der Waals surface area contributed by atoms with Crippen LogP contribution in [0.4, 0.5) is 0 Å². The zero-order valence-electron chi connectivity index (χ0n) is 8.28. The smallest absolute Gasteiger partial charge is 0.232 e. The molecule has 0 aromatic heterocycles. The molecule has 0 spiro atoms. The molecule has 3 nitrogen and oxygen atoms in total. The quantitative estimate of drug-likeness (QED) is 0.685. The Morgan fingerprint density at radius 3 is 2.62 bits per heavy atom. The van der Waals surface area contributed by atoms with E-state index in [2.05, 4.69) is 13.8 Å². The Morgan fingerprint density at radius 1 is 1.46 bits per heavy atom. The van der Waals surface area contributed by atoms with Crippen LogP contribution in [0.2, 0.25) is 0 Å². The minimum Gasteiger partial charge on any atom is -0.378 e. The molecule has 4 heteroatoms. The van der Waals surface area contributed by atoms with Crippen molar-refractivity contribution >= 4 is 17.7 Å². The molecular formula is C9H17NO2S. The molecule has 0 aromatic rings. The second kappa shape index (κ2) is 5.50. The van der Waals surface area contributed by atoms with Crippen LogP contribution in [-0.4, -0.2) is 48.1 Å². The van der Waals surface area contributed by atoms with Gasteiger partial charge in [0, 0.05) is 13.1 Å². The van der Waals surface area contributed by atoms with Gasteiger partial charge >= 0.3 is 0 Å². The first-order chi connectivity index (χ1) is 6.20. The van der Waals surface area contributed by atoms with Gasteiger partial charge in [0.15, 0.2) is 0 Å². The van der Waals surface area contributed by atoms with E-state index in [0.29, 0.717) is 24.2 Å². The van der Waals surface area contributed by atoms with E-state index in [1.54, 1.807) is 11.8 Å². The third kappa shape index (κ3) is 4.00. The SMILES string of the molecule is CC(C)SCC(=O)N1CCOCC1. The van der Waals surface area contributed by atoms with E-state index in [4.69, 9.17) is 4.74 Å². The predicted molar refractivity (Wildman–Crippen MR) is 55.0 cm³/mol. The van der Waals surface area contributed by atoms with Gasteiger partial charge in [-0.15, -0.1) is 11.8 Å². The van der Waals surface area contributed by atoms with Crippen LogP contribution >= 0.6 is 11.8 Å². The first-order valence-electron chi connectivity index (χ1n) is 4.67. The number of amides is 1. The van der Waals surface area contributed by atoms with Crippen molar-refractivity contribution in [3.05, 3.63) is 0 Å². The van der Waals surface area contributed by atoms with E-state index in [-0.39, 0.29) is 5.91 Å². The molecule has 1 aliphatic rings. The molecule has 1 fully saturated rings. The number of morpholine rings is 1. The van der Waals surface area contributed by atoms with Crippen LogP contribution in [-0.2, 0) is 9.53 Å². The molecule has 0 radical (unpaired) electrons. The zero-order valence-corrected chi connectivity index (χ0v) is 9.10. The molecule has 0 aromatic carbocycles. The van der Waals surface area contributed by atoms with Crippen LogP contribution in [0.25, 0.3) is 0 Å². The van der Waals surface area contributed by atoms with Gasteiger partial charge in [-0.05, 0) is 5.25 Å². The molecular weight excluding hydrogens is 186 g/mol. The second-order valence-electron chi connectivity index (χ2n) is 3.35. The number of carbonyl (C=O) groups is 1. The Labute approximate surface area is 83.8 Å². The maximum atomic E-state index is 11.6. The normalized spacial score (nSPS) is 17.9. The summed E-state index contributed by atoms with van der Waals surface area (Å²) in [6.07, 6.45) is 0. The molecule has 0 aliphatic carbocycles. The maximum absolute atomic E-state index is 11.6. The number of thioether (sulfide) groups is 1. The van der Waals surface area contributed by atoms with Crippen molar-refractivity contribution in [3.63, 3.8) is 0 Å². The van der Waals surface area contributed by atoms with E-state index < -0.39 is 0 Å². The van der Waals surface area contributed by atoms with Gasteiger partial charge in [0.1, 0.15) is 0 Å². The average molecular weight is 203 g/mol. The van der Waals surface area contributed by atoms with Gasteiger partial charge in [-0.2, -0.15) is 0 Å². The summed E-state index contributed by atoms with van der Waals surface area (Å²) in [5.74, 6) is 0.861. The number of rotatable bonds is 3. The molecule has 13 heavy (non-hydrogen) atoms. The fraction of sp³-hybridized carbons (Fsp3) is 0.889. The number of hydrogen-bond acceptors (Lipinski definition) is 3. The van der Waals surface area contributed by atoms with Crippen LogP contribution in [0.15, 0.2) is 0 Å². The van der Waals surface area contributed by atoms with E-state index in [9.17, 15) is 4.79 Å². The minimum absolute atomic E-state index is 0.252. The first kappa shape index (κ1) is 10.9. The predicted octanol–water partition coefficient (Wildman–Crippen LogP) is 0.987. The van der Waals surface area contributed by atoms with Crippen molar-refractivity contribution in [2.45, 2.75) is 19.1 Å². The standard InChI is InChI=1S/C9H17NO2S/c1-8(2)13-7-9(11)10-3-5-12-6-4-10/h8H,3-7H2,1-2H3. The number of ether oxygens (including phenoxy) is 1. The fourth-order valence-corrected chi connectivity index (χ4v) is 1.80. The van der Waals surface area contributed by atoms with Gasteiger partial charge < -0.3 is 9.64 Å². The maximum Gasteiger partial charge on any atom is 0.232 e. The molecule has 1 saturated heterocycles. The van der Waals surface area contributed by atoms with Crippen molar-refractivity contribution in [3.8, 4) is 0 Å². The van der Waals surface area contributed by atoms with Gasteiger partial charge in [-0.25, -0.2) is 0 Å². The summed E-state index contributed by atoms with van der Waals surface area (Å²) in [5, 5.41) is 0.532. The lowest BCUT2D eigenvalue weighted by molar-refractivity contribution is -0.132. The Morgan fingerprint density at radius 2 is 2.08 bits per heavy atom. The van der Waals surface area contributed by atoms with Crippen molar-refractivity contribution in [2.24, 2.45) is 0 Å². The molecule has 1 amide bonds. The van der Waals surface area contributed by atoms with E-state index >= 15 is 0 Å².